The number of carbonyl (C=O) groups is 3. The van der Waals surface area contributed by atoms with E-state index in [-0.39, 0.29) is 50.5 Å². The summed E-state index contributed by atoms with van der Waals surface area (Å²) in [5.74, 6) is -4.16. The molecular formula is C46H68N4O14. The molecule has 13 atom stereocenters. The number of aromatic nitrogens is 1. The molecule has 4 heterocycles. The molecule has 3 aliphatic rings. The number of methoxy groups -OCH3 is 2. The van der Waals surface area contributed by atoms with Gasteiger partial charge in [0.05, 0.1) is 51.3 Å². The minimum absolute atomic E-state index is 0.106. The van der Waals surface area contributed by atoms with Gasteiger partial charge in [-0.3, -0.25) is 14.4 Å². The number of likely N-dealkylation sites (N-methyl/N-ethyl adjacent to an activating group) is 1. The third kappa shape index (κ3) is 11.2. The summed E-state index contributed by atoms with van der Waals surface area (Å²) in [6.45, 7) is 14.3. The average molecular weight is 901 g/mol. The fourth-order valence-electron chi connectivity index (χ4n) is 9.39. The lowest BCUT2D eigenvalue weighted by atomic mass is 9.73. The summed E-state index contributed by atoms with van der Waals surface area (Å²) >= 11 is 0. The Morgan fingerprint density at radius 3 is 2.41 bits per heavy atom. The molecule has 64 heavy (non-hydrogen) atoms. The highest BCUT2D eigenvalue weighted by atomic mass is 16.7. The van der Waals surface area contributed by atoms with Gasteiger partial charge in [-0.15, -0.1) is 0 Å². The van der Waals surface area contributed by atoms with E-state index in [1.165, 1.54) is 27.9 Å². The number of ether oxygens (including phenoxy) is 7. The molecule has 0 saturated carbocycles. The van der Waals surface area contributed by atoms with Crippen molar-refractivity contribution >= 4 is 29.1 Å². The van der Waals surface area contributed by atoms with Crippen LogP contribution in [0.5, 0.6) is 11.5 Å². The van der Waals surface area contributed by atoms with Gasteiger partial charge in [0.1, 0.15) is 35.1 Å². The number of benzene rings is 1. The van der Waals surface area contributed by atoms with Crippen LogP contribution in [0.1, 0.15) is 87.3 Å². The zero-order valence-corrected chi connectivity index (χ0v) is 39.5. The number of amides is 1. The summed E-state index contributed by atoms with van der Waals surface area (Å²) in [7, 11) is 6.79. The summed E-state index contributed by atoms with van der Waals surface area (Å²) in [6, 6.07) is 6.73. The number of esters is 1. The number of aliphatic imine (C=N–C) groups is 1. The van der Waals surface area contributed by atoms with Gasteiger partial charge in [0.2, 0.25) is 5.91 Å². The van der Waals surface area contributed by atoms with E-state index in [2.05, 4.69) is 15.3 Å². The van der Waals surface area contributed by atoms with Crippen LogP contribution in [0.15, 0.2) is 38.9 Å². The van der Waals surface area contributed by atoms with E-state index in [1.54, 1.807) is 53.0 Å². The first-order chi connectivity index (χ1) is 30.2. The van der Waals surface area contributed by atoms with Gasteiger partial charge in [-0.1, -0.05) is 44.1 Å². The smallest absolute Gasteiger partial charge is 0.316 e. The normalized spacial score (nSPS) is 35.9. The second kappa shape index (κ2) is 21.3. The molecule has 2 aromatic rings. The number of aliphatic hydroxyl groups is 2. The van der Waals surface area contributed by atoms with Crippen LogP contribution in [0.3, 0.4) is 0 Å². The number of fused-ring (bicyclic) bond motifs is 5. The Kier molecular flexibility index (Phi) is 16.9. The summed E-state index contributed by atoms with van der Waals surface area (Å²) < 4.78 is 49.1. The molecule has 1 aromatic heterocycles. The van der Waals surface area contributed by atoms with E-state index in [4.69, 9.17) is 42.5 Å². The average Bonchev–Trinajstić information content (AvgIpc) is 3.72. The lowest BCUT2D eigenvalue weighted by Crippen LogP contribution is -2.60. The first kappa shape index (κ1) is 50.7. The van der Waals surface area contributed by atoms with Crippen molar-refractivity contribution in [2.45, 2.75) is 142 Å². The molecule has 3 fully saturated rings. The molecule has 0 radical (unpaired) electrons. The maximum absolute atomic E-state index is 14.6. The largest absolute Gasteiger partial charge is 0.493 e. The van der Waals surface area contributed by atoms with Crippen LogP contribution in [0, 0.1) is 23.7 Å². The second-order valence-electron chi connectivity index (χ2n) is 18.0. The van der Waals surface area contributed by atoms with Crippen molar-refractivity contribution in [2.24, 2.45) is 33.8 Å². The third-order valence-electron chi connectivity index (χ3n) is 12.8. The molecule has 1 aromatic carbocycles. The van der Waals surface area contributed by atoms with Crippen LogP contribution in [0.4, 0.5) is 0 Å². The number of cyclic esters (lactones) is 1. The minimum Gasteiger partial charge on any atom is -0.493 e. The van der Waals surface area contributed by atoms with Crippen molar-refractivity contribution in [3.63, 3.8) is 0 Å². The van der Waals surface area contributed by atoms with Gasteiger partial charge in [-0.2, -0.15) is 0 Å². The molecule has 18 heteroatoms. The zero-order chi connectivity index (χ0) is 47.3. The number of aliphatic hydroxyl groups excluding tert-OH is 1. The summed E-state index contributed by atoms with van der Waals surface area (Å²) in [4.78, 5) is 53.6. The molecule has 2 bridgehead atoms. The molecule has 356 valence electrons. The molecule has 0 aliphatic carbocycles. The summed E-state index contributed by atoms with van der Waals surface area (Å²) in [5.41, 5.74) is -1.60. The van der Waals surface area contributed by atoms with Gasteiger partial charge in [0, 0.05) is 42.1 Å². The number of para-hydroxylation sites is 1. The molecule has 2 N–H and O–H groups in total. The molecule has 1 unspecified atom stereocenters. The van der Waals surface area contributed by atoms with E-state index in [1.807, 2.05) is 38.9 Å². The van der Waals surface area contributed by atoms with E-state index in [0.717, 1.165) is 0 Å². The first-order valence-electron chi connectivity index (χ1n) is 22.0. The van der Waals surface area contributed by atoms with Gasteiger partial charge in [-0.25, -0.2) is 4.99 Å². The van der Waals surface area contributed by atoms with Crippen LogP contribution in [0.2, 0.25) is 0 Å². The Morgan fingerprint density at radius 2 is 1.77 bits per heavy atom. The number of ketones is 1. The molecule has 0 spiro atoms. The number of rotatable bonds is 10. The Morgan fingerprint density at radius 1 is 1.05 bits per heavy atom. The number of hydrogen-bond acceptors (Lipinski definition) is 17. The van der Waals surface area contributed by atoms with Crippen molar-refractivity contribution in [1.29, 1.82) is 0 Å². The Labute approximate surface area is 375 Å². The van der Waals surface area contributed by atoms with Crippen molar-refractivity contribution in [3.8, 4) is 22.8 Å². The summed E-state index contributed by atoms with van der Waals surface area (Å²) in [5, 5.41) is 32.8. The summed E-state index contributed by atoms with van der Waals surface area (Å²) in [6.07, 6.45) is -5.36. The topological polar surface area (TPSA) is 219 Å². The van der Waals surface area contributed by atoms with Gasteiger partial charge in [0.15, 0.2) is 35.9 Å². The SMILES string of the molecule is CC[C@H]1OC(=O)[C@H](C)C(=O)[C@H](C)[C@@H](O[C@@H]2O[C@H](C)C[C@H](N(C)C)[C@H]2O)[C@@]2(C)C[C@@H](C)C(=NC(C)=O)[C@H](C)C(OC/C(=N\OCc3cc(-c4cccc(OC)c4OC)no3)CO2)[C@]1(C)O. The van der Waals surface area contributed by atoms with Gasteiger partial charge < -0.3 is 57.6 Å². The molecule has 18 nitrogen and oxygen atoms in total. The highest BCUT2D eigenvalue weighted by Crippen LogP contribution is 2.41. The number of nitrogens with zero attached hydrogens (tertiary/aromatic N) is 4. The molecule has 1 amide bonds. The quantitative estimate of drug-likeness (QED) is 0.186. The maximum atomic E-state index is 14.6. The Balaban J connectivity index is 1.63. The van der Waals surface area contributed by atoms with Crippen molar-refractivity contribution in [1.82, 2.24) is 10.1 Å². The van der Waals surface area contributed by atoms with Gasteiger partial charge >= 0.3 is 5.97 Å². The lowest BCUT2D eigenvalue weighted by Gasteiger charge is -2.47. The van der Waals surface area contributed by atoms with Crippen molar-refractivity contribution in [2.75, 3.05) is 41.5 Å². The van der Waals surface area contributed by atoms with Crippen molar-refractivity contribution in [3.05, 3.63) is 30.0 Å². The predicted octanol–water partition coefficient (Wildman–Crippen LogP) is 4.79. The molecule has 3 saturated heterocycles. The van der Waals surface area contributed by atoms with Crippen LogP contribution in [-0.4, -0.2) is 145 Å². The van der Waals surface area contributed by atoms with E-state index < -0.39 is 83.2 Å². The lowest BCUT2D eigenvalue weighted by molar-refractivity contribution is -0.296. The second-order valence-corrected chi connectivity index (χ2v) is 18.0. The van der Waals surface area contributed by atoms with E-state index in [0.29, 0.717) is 40.6 Å². The number of carbonyl (C=O) groups excluding carboxylic acids is 3. The first-order valence-corrected chi connectivity index (χ1v) is 22.0. The highest BCUT2D eigenvalue weighted by Gasteiger charge is 2.53. The minimum atomic E-state index is -1.89. The third-order valence-corrected chi connectivity index (χ3v) is 12.8. The van der Waals surface area contributed by atoms with Crippen LogP contribution < -0.4 is 9.47 Å². The molecule has 3 aliphatic heterocycles. The number of Topliss-reactive ketones (excluding diaryl/α,β-unsaturated/α-hetero) is 1. The Hall–Kier alpha value is -4.30. The highest BCUT2D eigenvalue weighted by molar-refractivity contribution is 6.00. The number of oxime groups is 1. The fraction of sp³-hybridized carbons (Fsp3) is 0.696. The van der Waals surface area contributed by atoms with E-state index >= 15 is 0 Å². The maximum Gasteiger partial charge on any atom is 0.316 e. The van der Waals surface area contributed by atoms with Crippen molar-refractivity contribution < 1.29 is 67.1 Å². The fourth-order valence-corrected chi connectivity index (χ4v) is 9.39. The van der Waals surface area contributed by atoms with Crippen LogP contribution >= 0.6 is 0 Å². The zero-order valence-electron chi connectivity index (χ0n) is 39.5. The predicted molar refractivity (Wildman–Crippen MR) is 234 cm³/mol. The standard InChI is InChI=1S/C46H68N4O14/c1-14-36-46(9,55)42-26(4)37(47-29(7)51)24(2)20-45(8,41(27(5)38(52)28(6)43(54)62-36)63-44-39(53)34(50(10)11)18-25(3)61-44)59-22-30(21-58-42)48-60-23-31-19-33(49-64-31)32-16-15-17-35(56-12)40(32)57-13/h15-17,19,24-28,34,36,39,41-42,44,53,55H,14,18,20-23H2,1-13H3/b47-37?,48-30+/t24-,25-,26+,27+,28-,34+,36-,39-,41-,42?,44+,45-,46-/m1/s1. The monoisotopic (exact) mass is 900 g/mol. The molecular weight excluding hydrogens is 833 g/mol. The van der Waals surface area contributed by atoms with Gasteiger partial charge in [-0.05, 0) is 79.1 Å². The van der Waals surface area contributed by atoms with Crippen LogP contribution in [-0.2, 0) is 49.5 Å². The number of hydrogen-bond donors (Lipinski definition) is 2. The van der Waals surface area contributed by atoms with Gasteiger partial charge in [0.25, 0.3) is 0 Å². The van der Waals surface area contributed by atoms with Crippen LogP contribution in [0.25, 0.3) is 11.3 Å². The Bertz CT molecular complexity index is 2000. The molecule has 5 rings (SSSR count). The van der Waals surface area contributed by atoms with E-state index in [9.17, 15) is 24.6 Å².